The average molecular weight is 326 g/mol. The number of nitriles is 2. The van der Waals surface area contributed by atoms with Gasteiger partial charge in [-0.3, -0.25) is 4.79 Å². The summed E-state index contributed by atoms with van der Waals surface area (Å²) in [5.74, 6) is -0.417. The molecular formula is C18H22N4O2. The van der Waals surface area contributed by atoms with Gasteiger partial charge in [0.25, 0.3) is 5.91 Å². The largest absolute Gasteiger partial charge is 0.388 e. The van der Waals surface area contributed by atoms with Crippen molar-refractivity contribution in [3.05, 3.63) is 28.6 Å². The number of nitrogens with zero attached hydrogens (tertiary/aromatic N) is 4. The van der Waals surface area contributed by atoms with Crippen LogP contribution < -0.4 is 0 Å². The Kier molecular flexibility index (Phi) is 5.11. The minimum Gasteiger partial charge on any atom is -0.388 e. The predicted molar refractivity (Wildman–Crippen MR) is 89.5 cm³/mol. The molecule has 0 aromatic carbocycles. The van der Waals surface area contributed by atoms with Crippen LogP contribution in [0.2, 0.25) is 0 Å². The Morgan fingerprint density at radius 1 is 1.46 bits per heavy atom. The summed E-state index contributed by atoms with van der Waals surface area (Å²) in [6.07, 6.45) is 4.78. The summed E-state index contributed by atoms with van der Waals surface area (Å²) in [5, 5.41) is 28.9. The molecule has 0 radical (unpaired) electrons. The fourth-order valence-corrected chi connectivity index (χ4v) is 3.18. The van der Waals surface area contributed by atoms with Crippen LogP contribution in [0.15, 0.2) is 11.6 Å². The van der Waals surface area contributed by atoms with E-state index < -0.39 is 11.5 Å². The van der Waals surface area contributed by atoms with E-state index in [0.29, 0.717) is 24.1 Å². The molecule has 1 saturated carbocycles. The molecule has 1 heterocycles. The quantitative estimate of drug-likeness (QED) is 0.675. The highest BCUT2D eigenvalue weighted by Crippen LogP contribution is 2.30. The second-order valence-electron chi connectivity index (χ2n) is 6.50. The Bertz CT molecular complexity index is 755. The van der Waals surface area contributed by atoms with Crippen molar-refractivity contribution in [3.63, 3.8) is 0 Å². The summed E-state index contributed by atoms with van der Waals surface area (Å²) in [7, 11) is 3.36. The summed E-state index contributed by atoms with van der Waals surface area (Å²) in [5.41, 5.74) is 1.10. The molecule has 6 nitrogen and oxygen atoms in total. The van der Waals surface area contributed by atoms with Crippen LogP contribution in [0, 0.1) is 29.6 Å². The van der Waals surface area contributed by atoms with Crippen molar-refractivity contribution >= 4 is 12.0 Å². The summed E-state index contributed by atoms with van der Waals surface area (Å²) >= 11 is 0. The van der Waals surface area contributed by atoms with E-state index in [4.69, 9.17) is 5.26 Å². The SMILES string of the molecule is Cc1c(/C=C(\C#N)C(=O)N(C)CC2(O)CCCC2)cc(C#N)n1C. The Labute approximate surface area is 142 Å². The summed E-state index contributed by atoms with van der Waals surface area (Å²) in [4.78, 5) is 13.9. The smallest absolute Gasteiger partial charge is 0.264 e. The molecule has 1 aliphatic rings. The first-order chi connectivity index (χ1) is 11.3. The van der Waals surface area contributed by atoms with E-state index in [9.17, 15) is 15.2 Å². The number of carbonyl (C=O) groups excluding carboxylic acids is 1. The molecule has 1 fully saturated rings. The molecule has 0 unspecified atom stereocenters. The van der Waals surface area contributed by atoms with Gasteiger partial charge in [-0.1, -0.05) is 12.8 Å². The van der Waals surface area contributed by atoms with Crippen LogP contribution in [0.1, 0.15) is 42.6 Å². The zero-order valence-electron chi connectivity index (χ0n) is 14.3. The predicted octanol–water partition coefficient (Wildman–Crippen LogP) is 1.88. The van der Waals surface area contributed by atoms with Crippen LogP contribution >= 0.6 is 0 Å². The van der Waals surface area contributed by atoms with Gasteiger partial charge in [0.05, 0.1) is 5.60 Å². The summed E-state index contributed by atoms with van der Waals surface area (Å²) < 4.78 is 1.72. The lowest BCUT2D eigenvalue weighted by molar-refractivity contribution is -0.128. The van der Waals surface area contributed by atoms with E-state index in [-0.39, 0.29) is 12.1 Å². The molecule has 6 heteroatoms. The number of aromatic nitrogens is 1. The third kappa shape index (κ3) is 3.50. The Balaban J connectivity index is 2.23. The number of rotatable bonds is 4. The van der Waals surface area contributed by atoms with Gasteiger partial charge in [-0.25, -0.2) is 0 Å². The second-order valence-corrected chi connectivity index (χ2v) is 6.50. The number of aliphatic hydroxyl groups is 1. The van der Waals surface area contributed by atoms with Gasteiger partial charge < -0.3 is 14.6 Å². The molecule has 0 saturated heterocycles. The molecule has 1 N–H and O–H groups in total. The highest BCUT2D eigenvalue weighted by atomic mass is 16.3. The molecule has 24 heavy (non-hydrogen) atoms. The minimum atomic E-state index is -0.846. The maximum absolute atomic E-state index is 12.5. The first kappa shape index (κ1) is 17.8. The minimum absolute atomic E-state index is 0.00251. The standard InChI is InChI=1S/C18H22N4O2/c1-13-14(9-16(11-20)22(13)3)8-15(10-19)17(23)21(2)12-18(24)6-4-5-7-18/h8-9,24H,4-7,12H2,1-3H3/b15-8+. The first-order valence-electron chi connectivity index (χ1n) is 7.97. The average Bonchev–Trinajstić information content (AvgIpc) is 3.09. The van der Waals surface area contributed by atoms with Crippen molar-refractivity contribution in [2.24, 2.45) is 7.05 Å². The molecule has 1 aromatic heterocycles. The zero-order valence-corrected chi connectivity index (χ0v) is 14.3. The molecule has 1 amide bonds. The van der Waals surface area contributed by atoms with Crippen molar-refractivity contribution in [1.82, 2.24) is 9.47 Å². The van der Waals surface area contributed by atoms with Crippen LogP contribution in [0.5, 0.6) is 0 Å². The van der Waals surface area contributed by atoms with Gasteiger partial charge in [0.1, 0.15) is 23.4 Å². The Morgan fingerprint density at radius 2 is 2.08 bits per heavy atom. The third-order valence-corrected chi connectivity index (χ3v) is 4.75. The third-order valence-electron chi connectivity index (χ3n) is 4.75. The molecule has 0 atom stereocenters. The van der Waals surface area contributed by atoms with Gasteiger partial charge in [-0.2, -0.15) is 10.5 Å². The highest BCUT2D eigenvalue weighted by molar-refractivity contribution is 6.01. The monoisotopic (exact) mass is 326 g/mol. The number of hydrogen-bond donors (Lipinski definition) is 1. The van der Waals surface area contributed by atoms with Crippen LogP contribution in [0.4, 0.5) is 0 Å². The van der Waals surface area contributed by atoms with Crippen LogP contribution in [-0.4, -0.2) is 39.7 Å². The normalized spacial score (nSPS) is 16.5. The zero-order chi connectivity index (χ0) is 17.9. The van der Waals surface area contributed by atoms with E-state index in [2.05, 4.69) is 6.07 Å². The van der Waals surface area contributed by atoms with E-state index in [1.54, 1.807) is 24.7 Å². The maximum Gasteiger partial charge on any atom is 0.264 e. The van der Waals surface area contributed by atoms with Crippen molar-refractivity contribution in [2.75, 3.05) is 13.6 Å². The Morgan fingerprint density at radius 3 is 2.58 bits per heavy atom. The van der Waals surface area contributed by atoms with Gasteiger partial charge >= 0.3 is 0 Å². The summed E-state index contributed by atoms with van der Waals surface area (Å²) in [6, 6.07) is 5.67. The van der Waals surface area contributed by atoms with Crippen LogP contribution in [0.25, 0.3) is 6.08 Å². The number of hydrogen-bond acceptors (Lipinski definition) is 4. The first-order valence-corrected chi connectivity index (χ1v) is 7.97. The van der Waals surface area contributed by atoms with Crippen LogP contribution in [-0.2, 0) is 11.8 Å². The van der Waals surface area contributed by atoms with Crippen LogP contribution in [0.3, 0.4) is 0 Å². The van der Waals surface area contributed by atoms with Crippen molar-refractivity contribution < 1.29 is 9.90 Å². The van der Waals surface area contributed by atoms with E-state index >= 15 is 0 Å². The molecule has 1 aliphatic carbocycles. The lowest BCUT2D eigenvalue weighted by Gasteiger charge is -2.28. The van der Waals surface area contributed by atoms with Crippen molar-refractivity contribution in [3.8, 4) is 12.1 Å². The number of likely N-dealkylation sites (N-methyl/N-ethyl adjacent to an activating group) is 1. The lowest BCUT2D eigenvalue weighted by Crippen LogP contribution is -2.42. The Hall–Kier alpha value is -2.57. The topological polar surface area (TPSA) is 93.1 Å². The fraction of sp³-hybridized carbons (Fsp3) is 0.500. The van der Waals surface area contributed by atoms with Gasteiger partial charge in [0.2, 0.25) is 0 Å². The molecule has 1 aromatic rings. The van der Waals surface area contributed by atoms with Gasteiger partial charge in [0.15, 0.2) is 0 Å². The molecule has 126 valence electrons. The fourth-order valence-electron chi connectivity index (χ4n) is 3.18. The van der Waals surface area contributed by atoms with Gasteiger partial charge in [-0.15, -0.1) is 0 Å². The number of carbonyl (C=O) groups is 1. The maximum atomic E-state index is 12.5. The molecule has 0 bridgehead atoms. The summed E-state index contributed by atoms with van der Waals surface area (Å²) in [6.45, 7) is 2.05. The van der Waals surface area contributed by atoms with Gasteiger partial charge in [0, 0.05) is 26.3 Å². The van der Waals surface area contributed by atoms with Gasteiger partial charge in [-0.05, 0) is 37.5 Å². The lowest BCUT2D eigenvalue weighted by atomic mass is 10.0. The highest BCUT2D eigenvalue weighted by Gasteiger charge is 2.34. The molecular weight excluding hydrogens is 304 g/mol. The molecule has 0 aliphatic heterocycles. The van der Waals surface area contributed by atoms with Crippen molar-refractivity contribution in [1.29, 1.82) is 10.5 Å². The molecule has 0 spiro atoms. The second kappa shape index (κ2) is 6.90. The van der Waals surface area contributed by atoms with E-state index in [1.165, 1.54) is 11.0 Å². The number of amides is 1. The van der Waals surface area contributed by atoms with Crippen molar-refractivity contribution in [2.45, 2.75) is 38.2 Å². The van der Waals surface area contributed by atoms with E-state index in [0.717, 1.165) is 18.5 Å². The van der Waals surface area contributed by atoms with E-state index in [1.807, 2.05) is 13.0 Å². The molecule has 2 rings (SSSR count).